The number of halogens is 1. The highest BCUT2D eigenvalue weighted by Crippen LogP contribution is 2.37. The number of fused-ring (bicyclic) bond motifs is 1. The zero-order valence-electron chi connectivity index (χ0n) is 19.8. The molecule has 0 saturated heterocycles. The van der Waals surface area contributed by atoms with Crippen molar-refractivity contribution in [2.45, 2.75) is 26.4 Å². The molecular formula is C23H25FN6O5. The third-order valence-corrected chi connectivity index (χ3v) is 5.36. The number of hydrogen-bond acceptors (Lipinski definition) is 10. The summed E-state index contributed by atoms with van der Waals surface area (Å²) in [6, 6.07) is 6.60. The van der Waals surface area contributed by atoms with Gasteiger partial charge in [0.25, 0.3) is 5.91 Å². The fourth-order valence-electron chi connectivity index (χ4n) is 3.57. The van der Waals surface area contributed by atoms with Crippen molar-refractivity contribution in [1.82, 2.24) is 15.0 Å². The Kier molecular flexibility index (Phi) is 6.31. The number of anilines is 5. The average Bonchev–Trinajstić information content (AvgIpc) is 2.83. The topological polar surface area (TPSA) is 131 Å². The molecule has 0 saturated carbocycles. The number of nitrogens with one attached hydrogen (secondary N) is 2. The summed E-state index contributed by atoms with van der Waals surface area (Å²) in [5, 5.41) is 15.5. The molecule has 0 bridgehead atoms. The lowest BCUT2D eigenvalue weighted by molar-refractivity contribution is -0.133. The van der Waals surface area contributed by atoms with Gasteiger partial charge in [0, 0.05) is 23.4 Å². The number of carbonyl (C=O) groups excluding carboxylic acids is 1. The first kappa shape index (κ1) is 24.0. The van der Waals surface area contributed by atoms with E-state index in [0.29, 0.717) is 22.9 Å². The van der Waals surface area contributed by atoms with Crippen molar-refractivity contribution in [3.05, 3.63) is 41.8 Å². The average molecular weight is 484 g/mol. The second kappa shape index (κ2) is 9.22. The molecule has 1 aromatic carbocycles. The summed E-state index contributed by atoms with van der Waals surface area (Å²) in [6.45, 7) is 4.46. The minimum Gasteiger partial charge on any atom is -0.496 e. The van der Waals surface area contributed by atoms with Gasteiger partial charge in [0.2, 0.25) is 5.95 Å². The molecule has 1 aliphatic heterocycles. The second-order valence-corrected chi connectivity index (χ2v) is 8.15. The lowest BCUT2D eigenvalue weighted by atomic mass is 10.1. The van der Waals surface area contributed by atoms with E-state index in [0.717, 1.165) is 16.7 Å². The number of amides is 1. The van der Waals surface area contributed by atoms with Crippen LogP contribution < -0.4 is 29.7 Å². The van der Waals surface area contributed by atoms with Gasteiger partial charge in [-0.05, 0) is 32.9 Å². The maximum Gasteiger partial charge on any atom is 0.273 e. The first-order chi connectivity index (χ1) is 16.7. The smallest absolute Gasteiger partial charge is 0.273 e. The molecule has 0 atom stereocenters. The van der Waals surface area contributed by atoms with Gasteiger partial charge in [0.05, 0.1) is 20.4 Å². The number of nitrogens with zero attached hydrogens (tertiary/aromatic N) is 4. The van der Waals surface area contributed by atoms with Crippen LogP contribution in [-0.4, -0.2) is 52.5 Å². The molecule has 0 radical (unpaired) electrons. The van der Waals surface area contributed by atoms with E-state index in [1.165, 1.54) is 0 Å². The van der Waals surface area contributed by atoms with E-state index in [-0.39, 0.29) is 23.4 Å². The predicted octanol–water partition coefficient (Wildman–Crippen LogP) is 3.28. The van der Waals surface area contributed by atoms with Gasteiger partial charge in [-0.1, -0.05) is 0 Å². The number of aliphatic hydroxyl groups is 1. The zero-order valence-corrected chi connectivity index (χ0v) is 19.8. The van der Waals surface area contributed by atoms with Crippen molar-refractivity contribution >= 4 is 35.0 Å². The summed E-state index contributed by atoms with van der Waals surface area (Å²) >= 11 is 0. The maximum atomic E-state index is 14.5. The van der Waals surface area contributed by atoms with E-state index >= 15 is 0 Å². The minimum absolute atomic E-state index is 0.105. The molecule has 3 heterocycles. The van der Waals surface area contributed by atoms with E-state index < -0.39 is 24.1 Å². The normalized spacial score (nSPS) is 14.1. The van der Waals surface area contributed by atoms with Crippen LogP contribution in [0.2, 0.25) is 0 Å². The van der Waals surface area contributed by atoms with E-state index in [2.05, 4.69) is 25.6 Å². The Morgan fingerprint density at radius 3 is 2.46 bits per heavy atom. The van der Waals surface area contributed by atoms with Gasteiger partial charge in [-0.3, -0.25) is 9.69 Å². The molecule has 0 aliphatic carbocycles. The Morgan fingerprint density at radius 1 is 1.14 bits per heavy atom. The number of aliphatic hydroxyl groups excluding tert-OH is 1. The van der Waals surface area contributed by atoms with Gasteiger partial charge < -0.3 is 30.0 Å². The van der Waals surface area contributed by atoms with Crippen molar-refractivity contribution < 1.29 is 28.5 Å². The van der Waals surface area contributed by atoms with Gasteiger partial charge in [0.1, 0.15) is 24.0 Å². The molecule has 12 heteroatoms. The van der Waals surface area contributed by atoms with Crippen LogP contribution in [0.5, 0.6) is 17.2 Å². The standard InChI is InChI=1S/C23H25FN6O5/c1-12-16(33-4)8-13(9-17(12)34-5)26-22-25-10-14(24)19(29-22)27-18-7-6-15-20(28-18)30(11-31)21(32)23(2,3)35-15/h6-10,31H,11H2,1-5H3,(H2,25,26,27,28,29). The quantitative estimate of drug-likeness (QED) is 0.459. The van der Waals surface area contributed by atoms with Crippen LogP contribution in [0.4, 0.5) is 33.5 Å². The molecular weight excluding hydrogens is 459 g/mol. The van der Waals surface area contributed by atoms with Crippen LogP contribution in [0.1, 0.15) is 19.4 Å². The van der Waals surface area contributed by atoms with E-state index in [9.17, 15) is 14.3 Å². The molecule has 3 N–H and O–H groups in total. The maximum absolute atomic E-state index is 14.5. The number of benzene rings is 1. The van der Waals surface area contributed by atoms with Crippen molar-refractivity contribution in [2.24, 2.45) is 0 Å². The molecule has 2 aromatic heterocycles. The van der Waals surface area contributed by atoms with Gasteiger partial charge in [-0.15, -0.1) is 0 Å². The van der Waals surface area contributed by atoms with E-state index in [1.54, 1.807) is 52.3 Å². The van der Waals surface area contributed by atoms with Crippen molar-refractivity contribution in [2.75, 3.05) is 36.5 Å². The van der Waals surface area contributed by atoms with Crippen LogP contribution in [0.25, 0.3) is 0 Å². The van der Waals surface area contributed by atoms with Gasteiger partial charge >= 0.3 is 0 Å². The van der Waals surface area contributed by atoms with Crippen LogP contribution in [-0.2, 0) is 4.79 Å². The lowest BCUT2D eigenvalue weighted by Crippen LogP contribution is -2.53. The summed E-state index contributed by atoms with van der Waals surface area (Å²) in [5.41, 5.74) is 0.238. The predicted molar refractivity (Wildman–Crippen MR) is 126 cm³/mol. The minimum atomic E-state index is -1.16. The largest absolute Gasteiger partial charge is 0.496 e. The van der Waals surface area contributed by atoms with Crippen molar-refractivity contribution in [1.29, 1.82) is 0 Å². The fourth-order valence-corrected chi connectivity index (χ4v) is 3.57. The molecule has 3 aromatic rings. The molecule has 0 fully saturated rings. The Labute approximate surface area is 200 Å². The first-order valence-electron chi connectivity index (χ1n) is 10.6. The van der Waals surface area contributed by atoms with Crippen LogP contribution in [0.3, 0.4) is 0 Å². The summed E-state index contributed by atoms with van der Waals surface area (Å²) in [5.74, 6) is 0.563. The molecule has 0 unspecified atom stereocenters. The molecule has 11 nitrogen and oxygen atoms in total. The third kappa shape index (κ3) is 4.60. The second-order valence-electron chi connectivity index (χ2n) is 8.15. The zero-order chi connectivity index (χ0) is 25.3. The first-order valence-corrected chi connectivity index (χ1v) is 10.6. The van der Waals surface area contributed by atoms with Crippen LogP contribution >= 0.6 is 0 Å². The van der Waals surface area contributed by atoms with E-state index in [1.807, 2.05) is 6.92 Å². The highest BCUT2D eigenvalue weighted by atomic mass is 19.1. The lowest BCUT2D eigenvalue weighted by Gasteiger charge is -2.36. The van der Waals surface area contributed by atoms with Gasteiger partial charge in [0.15, 0.2) is 28.8 Å². The summed E-state index contributed by atoms with van der Waals surface area (Å²) < 4.78 is 31.0. The SMILES string of the molecule is COc1cc(Nc2ncc(F)c(Nc3ccc4c(n3)N(CO)C(=O)C(C)(C)O4)n2)cc(OC)c1C. The Hall–Kier alpha value is -4.19. The highest BCUT2D eigenvalue weighted by molar-refractivity contribution is 6.01. The Bertz CT molecular complexity index is 1260. The molecule has 4 rings (SSSR count). The van der Waals surface area contributed by atoms with E-state index in [4.69, 9.17) is 14.2 Å². The summed E-state index contributed by atoms with van der Waals surface area (Å²) in [6.07, 6.45) is 1.01. The number of rotatable bonds is 7. The van der Waals surface area contributed by atoms with Crippen molar-refractivity contribution in [3.8, 4) is 17.2 Å². The monoisotopic (exact) mass is 484 g/mol. The van der Waals surface area contributed by atoms with Crippen LogP contribution in [0, 0.1) is 12.7 Å². The number of ether oxygens (including phenoxy) is 3. The summed E-state index contributed by atoms with van der Waals surface area (Å²) in [7, 11) is 3.09. The number of aromatic nitrogens is 3. The molecule has 0 spiro atoms. The summed E-state index contributed by atoms with van der Waals surface area (Å²) in [4.78, 5) is 26.2. The number of methoxy groups -OCH3 is 2. The third-order valence-electron chi connectivity index (χ3n) is 5.36. The molecule has 35 heavy (non-hydrogen) atoms. The van der Waals surface area contributed by atoms with Gasteiger partial charge in [-0.25, -0.2) is 14.4 Å². The van der Waals surface area contributed by atoms with Crippen molar-refractivity contribution in [3.63, 3.8) is 0 Å². The van der Waals surface area contributed by atoms with Crippen LogP contribution in [0.15, 0.2) is 30.5 Å². The Balaban J connectivity index is 1.62. The fraction of sp³-hybridized carbons (Fsp3) is 0.304. The molecule has 1 amide bonds. The van der Waals surface area contributed by atoms with Gasteiger partial charge in [-0.2, -0.15) is 4.98 Å². The molecule has 1 aliphatic rings. The highest BCUT2D eigenvalue weighted by Gasteiger charge is 2.41. The molecule has 184 valence electrons. The Morgan fingerprint density at radius 2 is 1.83 bits per heavy atom. The number of pyridine rings is 1. The number of hydrogen-bond donors (Lipinski definition) is 3. The number of carbonyl (C=O) groups is 1.